The molecule has 1 atom stereocenters. The lowest BCUT2D eigenvalue weighted by Crippen LogP contribution is -2.35. The van der Waals surface area contributed by atoms with Crippen LogP contribution < -0.4 is 11.1 Å². The molecule has 1 aromatic carbocycles. The Balaban J connectivity index is 3.10. The number of benzene rings is 1. The lowest BCUT2D eigenvalue weighted by Gasteiger charge is -2.20. The second-order valence-corrected chi connectivity index (χ2v) is 6.24. The van der Waals surface area contributed by atoms with E-state index in [1.165, 1.54) is 0 Å². The average molecular weight is 471 g/mol. The first-order chi connectivity index (χ1) is 9.88. The van der Waals surface area contributed by atoms with Gasteiger partial charge in [0.05, 0.1) is 29.2 Å². The molecule has 1 rings (SSSR count). The third-order valence-electron chi connectivity index (χ3n) is 2.63. The minimum absolute atomic E-state index is 0.0189. The molecule has 0 fully saturated rings. The zero-order chi connectivity index (χ0) is 16.0. The van der Waals surface area contributed by atoms with Crippen molar-refractivity contribution in [2.75, 3.05) is 13.2 Å². The smallest absolute Gasteiger partial charge is 0.308 e. The number of carbonyl (C=O) groups is 2. The molecule has 0 aliphatic heterocycles. The van der Waals surface area contributed by atoms with Gasteiger partial charge in [-0.1, -0.05) is 15.9 Å². The summed E-state index contributed by atoms with van der Waals surface area (Å²) in [6, 6.07) is 2.68. The van der Waals surface area contributed by atoms with Gasteiger partial charge < -0.3 is 20.9 Å². The first-order valence-corrected chi connectivity index (χ1v) is 8.09. The lowest BCUT2D eigenvalue weighted by molar-refractivity contribution is -0.143. The predicted molar refractivity (Wildman–Crippen MR) is 89.7 cm³/mol. The van der Waals surface area contributed by atoms with Crippen LogP contribution in [0.4, 0.5) is 0 Å². The van der Waals surface area contributed by atoms with Crippen molar-refractivity contribution in [3.63, 3.8) is 0 Å². The molecule has 0 radical (unpaired) electrons. The normalized spacial score (nSPS) is 11.8. The molecule has 0 aliphatic carbocycles. The SMILES string of the molecule is CCOC(=O)C[C@H](NC(=O)CN)c1cc(Br)cc(I)c1O. The van der Waals surface area contributed by atoms with E-state index in [2.05, 4.69) is 21.2 Å². The summed E-state index contributed by atoms with van der Waals surface area (Å²) in [6.45, 7) is 1.74. The second kappa shape index (κ2) is 8.54. The molecular formula is C13H16BrIN2O4. The maximum Gasteiger partial charge on any atom is 0.308 e. The number of esters is 1. The Bertz CT molecular complexity index is 539. The highest BCUT2D eigenvalue weighted by atomic mass is 127. The first-order valence-electron chi connectivity index (χ1n) is 6.22. The van der Waals surface area contributed by atoms with Gasteiger partial charge in [0.15, 0.2) is 0 Å². The number of rotatable bonds is 6. The van der Waals surface area contributed by atoms with E-state index in [1.807, 2.05) is 22.6 Å². The predicted octanol–water partition coefficient (Wildman–Crippen LogP) is 1.83. The molecule has 0 aliphatic rings. The fraction of sp³-hybridized carbons (Fsp3) is 0.385. The van der Waals surface area contributed by atoms with Crippen LogP contribution in [0.3, 0.4) is 0 Å². The molecular weight excluding hydrogens is 455 g/mol. The van der Waals surface area contributed by atoms with Crippen LogP contribution in [-0.4, -0.2) is 30.1 Å². The zero-order valence-electron chi connectivity index (χ0n) is 11.4. The number of hydrogen-bond donors (Lipinski definition) is 3. The van der Waals surface area contributed by atoms with Crippen molar-refractivity contribution in [3.05, 3.63) is 25.7 Å². The molecule has 0 aromatic heterocycles. The van der Waals surface area contributed by atoms with Gasteiger partial charge in [0.2, 0.25) is 5.91 Å². The number of ether oxygens (including phenoxy) is 1. The monoisotopic (exact) mass is 470 g/mol. The van der Waals surface area contributed by atoms with Crippen LogP contribution in [0, 0.1) is 3.57 Å². The summed E-state index contributed by atoms with van der Waals surface area (Å²) in [5.74, 6) is -0.863. The molecule has 0 spiro atoms. The molecule has 4 N–H and O–H groups in total. The van der Waals surface area contributed by atoms with E-state index in [1.54, 1.807) is 19.1 Å². The molecule has 0 saturated carbocycles. The fourth-order valence-corrected chi connectivity index (χ4v) is 3.28. The molecule has 1 amide bonds. The second-order valence-electron chi connectivity index (χ2n) is 4.16. The Morgan fingerprint density at radius 1 is 1.52 bits per heavy atom. The highest BCUT2D eigenvalue weighted by molar-refractivity contribution is 14.1. The molecule has 0 saturated heterocycles. The fourth-order valence-electron chi connectivity index (χ4n) is 1.73. The van der Waals surface area contributed by atoms with Gasteiger partial charge >= 0.3 is 5.97 Å². The van der Waals surface area contributed by atoms with Crippen molar-refractivity contribution in [2.45, 2.75) is 19.4 Å². The van der Waals surface area contributed by atoms with E-state index in [9.17, 15) is 14.7 Å². The number of amides is 1. The summed E-state index contributed by atoms with van der Waals surface area (Å²) in [7, 11) is 0. The Kier molecular flexibility index (Phi) is 7.40. The van der Waals surface area contributed by atoms with E-state index in [-0.39, 0.29) is 25.3 Å². The molecule has 0 heterocycles. The van der Waals surface area contributed by atoms with Gasteiger partial charge in [-0.3, -0.25) is 9.59 Å². The van der Waals surface area contributed by atoms with Crippen LogP contribution in [0.15, 0.2) is 16.6 Å². The minimum atomic E-state index is -0.703. The standard InChI is InChI=1S/C13H16BrIN2O4/c1-2-21-12(19)5-10(17-11(18)6-16)8-3-7(14)4-9(15)13(8)20/h3-4,10,20H,2,5-6,16H2,1H3,(H,17,18)/t10-/m0/s1. The Labute approximate surface area is 144 Å². The number of phenolic OH excluding ortho intramolecular Hbond substituents is 1. The number of phenols is 1. The molecule has 1 aromatic rings. The summed E-state index contributed by atoms with van der Waals surface area (Å²) >= 11 is 5.29. The Morgan fingerprint density at radius 2 is 2.19 bits per heavy atom. The van der Waals surface area contributed by atoms with Crippen molar-refractivity contribution < 1.29 is 19.4 Å². The third-order valence-corrected chi connectivity index (χ3v) is 3.91. The lowest BCUT2D eigenvalue weighted by atomic mass is 10.0. The largest absolute Gasteiger partial charge is 0.506 e. The van der Waals surface area contributed by atoms with Crippen LogP contribution in [0.25, 0.3) is 0 Å². The highest BCUT2D eigenvalue weighted by Gasteiger charge is 2.23. The van der Waals surface area contributed by atoms with Crippen LogP contribution in [0.5, 0.6) is 5.75 Å². The summed E-state index contributed by atoms with van der Waals surface area (Å²) in [5.41, 5.74) is 5.72. The van der Waals surface area contributed by atoms with E-state index in [4.69, 9.17) is 10.5 Å². The van der Waals surface area contributed by atoms with Crippen molar-refractivity contribution in [3.8, 4) is 5.75 Å². The topological polar surface area (TPSA) is 102 Å². The number of nitrogens with two attached hydrogens (primary N) is 1. The number of nitrogens with one attached hydrogen (secondary N) is 1. The summed E-state index contributed by atoms with van der Waals surface area (Å²) < 4.78 is 6.23. The van der Waals surface area contributed by atoms with Crippen molar-refractivity contribution in [1.82, 2.24) is 5.32 Å². The van der Waals surface area contributed by atoms with Gasteiger partial charge in [0, 0.05) is 10.0 Å². The summed E-state index contributed by atoms with van der Waals surface area (Å²) in [4.78, 5) is 23.2. The van der Waals surface area contributed by atoms with Crippen LogP contribution in [-0.2, 0) is 14.3 Å². The van der Waals surface area contributed by atoms with Crippen molar-refractivity contribution >= 4 is 50.4 Å². The van der Waals surface area contributed by atoms with Crippen LogP contribution >= 0.6 is 38.5 Å². The van der Waals surface area contributed by atoms with Gasteiger partial charge in [-0.05, 0) is 41.6 Å². The third kappa shape index (κ3) is 5.44. The van der Waals surface area contributed by atoms with Crippen molar-refractivity contribution in [2.24, 2.45) is 5.73 Å². The Hall–Kier alpha value is -0.870. The first kappa shape index (κ1) is 18.2. The molecule has 0 bridgehead atoms. The minimum Gasteiger partial charge on any atom is -0.506 e. The number of carbonyl (C=O) groups excluding carboxylic acids is 2. The average Bonchev–Trinajstić information content (AvgIpc) is 2.42. The van der Waals surface area contributed by atoms with Gasteiger partial charge in [-0.15, -0.1) is 0 Å². The van der Waals surface area contributed by atoms with Crippen molar-refractivity contribution in [1.29, 1.82) is 0 Å². The highest BCUT2D eigenvalue weighted by Crippen LogP contribution is 2.34. The molecule has 116 valence electrons. The van der Waals surface area contributed by atoms with Gasteiger partial charge in [0.25, 0.3) is 0 Å². The zero-order valence-corrected chi connectivity index (χ0v) is 15.1. The number of halogens is 2. The summed E-state index contributed by atoms with van der Waals surface area (Å²) in [6.07, 6.45) is -0.0837. The number of aromatic hydroxyl groups is 1. The van der Waals surface area contributed by atoms with Crippen LogP contribution in [0.1, 0.15) is 24.9 Å². The van der Waals surface area contributed by atoms with E-state index in [0.717, 1.165) is 4.47 Å². The maximum absolute atomic E-state index is 11.7. The van der Waals surface area contributed by atoms with Crippen LogP contribution in [0.2, 0.25) is 0 Å². The maximum atomic E-state index is 11.7. The van der Waals surface area contributed by atoms with Gasteiger partial charge in [0.1, 0.15) is 5.75 Å². The summed E-state index contributed by atoms with van der Waals surface area (Å²) in [5, 5.41) is 12.8. The van der Waals surface area contributed by atoms with E-state index < -0.39 is 17.9 Å². The Morgan fingerprint density at radius 3 is 2.76 bits per heavy atom. The molecule has 0 unspecified atom stereocenters. The van der Waals surface area contributed by atoms with E-state index >= 15 is 0 Å². The van der Waals surface area contributed by atoms with Gasteiger partial charge in [-0.25, -0.2) is 0 Å². The molecule has 8 heteroatoms. The molecule has 6 nitrogen and oxygen atoms in total. The number of hydrogen-bond acceptors (Lipinski definition) is 5. The van der Waals surface area contributed by atoms with E-state index in [0.29, 0.717) is 9.13 Å². The van der Waals surface area contributed by atoms with Gasteiger partial charge in [-0.2, -0.15) is 0 Å². The molecule has 21 heavy (non-hydrogen) atoms. The quantitative estimate of drug-likeness (QED) is 0.435.